The van der Waals surface area contributed by atoms with Gasteiger partial charge in [0.2, 0.25) is 0 Å². The largest absolute Gasteiger partial charge is 0.492 e. The van der Waals surface area contributed by atoms with Gasteiger partial charge in [0.1, 0.15) is 18.2 Å². The molecule has 4 heteroatoms. The first-order valence-corrected chi connectivity index (χ1v) is 5.60. The van der Waals surface area contributed by atoms with Crippen LogP contribution in [-0.4, -0.2) is 21.3 Å². The third-order valence-electron chi connectivity index (χ3n) is 2.61. The van der Waals surface area contributed by atoms with Crippen molar-refractivity contribution in [3.63, 3.8) is 0 Å². The van der Waals surface area contributed by atoms with Crippen LogP contribution >= 0.6 is 0 Å². The number of aliphatic hydroxyl groups excluding tert-OH is 1. The first-order chi connectivity index (χ1) is 8.29. The number of aliphatic hydroxyl groups is 1. The molecule has 17 heavy (non-hydrogen) atoms. The van der Waals surface area contributed by atoms with Crippen molar-refractivity contribution in [3.05, 3.63) is 48.0 Å². The maximum absolute atomic E-state index is 9.01. The van der Waals surface area contributed by atoms with Gasteiger partial charge in [-0.05, 0) is 24.6 Å². The number of aromatic nitrogens is 2. The molecule has 2 rings (SSSR count). The van der Waals surface area contributed by atoms with Gasteiger partial charge < -0.3 is 14.4 Å². The van der Waals surface area contributed by atoms with Crippen LogP contribution in [-0.2, 0) is 13.2 Å². The van der Waals surface area contributed by atoms with Gasteiger partial charge >= 0.3 is 0 Å². The maximum atomic E-state index is 9.01. The van der Waals surface area contributed by atoms with E-state index in [0.29, 0.717) is 6.61 Å². The third kappa shape index (κ3) is 3.07. The highest BCUT2D eigenvalue weighted by Gasteiger charge is 1.98. The average molecular weight is 232 g/mol. The second kappa shape index (κ2) is 5.50. The second-order valence-electron chi connectivity index (χ2n) is 3.82. The summed E-state index contributed by atoms with van der Waals surface area (Å²) in [4.78, 5) is 4.14. The molecule has 0 amide bonds. The van der Waals surface area contributed by atoms with Crippen LogP contribution in [0, 0.1) is 6.92 Å². The van der Waals surface area contributed by atoms with E-state index in [9.17, 15) is 0 Å². The number of ether oxygens (including phenoxy) is 1. The van der Waals surface area contributed by atoms with E-state index in [-0.39, 0.29) is 6.61 Å². The Morgan fingerprint density at radius 2 is 2.29 bits per heavy atom. The van der Waals surface area contributed by atoms with Gasteiger partial charge in [0.05, 0.1) is 13.2 Å². The van der Waals surface area contributed by atoms with Crippen LogP contribution in [0.2, 0.25) is 0 Å². The van der Waals surface area contributed by atoms with E-state index in [2.05, 4.69) is 4.98 Å². The van der Waals surface area contributed by atoms with Crippen molar-refractivity contribution in [1.29, 1.82) is 0 Å². The molecule has 0 aliphatic rings. The van der Waals surface area contributed by atoms with Gasteiger partial charge in [-0.2, -0.15) is 0 Å². The fraction of sp³-hybridized carbons (Fsp3) is 0.308. The minimum absolute atomic E-state index is 0.0395. The summed E-state index contributed by atoms with van der Waals surface area (Å²) >= 11 is 0. The van der Waals surface area contributed by atoms with E-state index < -0.39 is 0 Å². The van der Waals surface area contributed by atoms with Gasteiger partial charge in [-0.3, -0.25) is 0 Å². The quantitative estimate of drug-likeness (QED) is 0.854. The summed E-state index contributed by atoms with van der Waals surface area (Å²) in [5, 5.41) is 9.01. The summed E-state index contributed by atoms with van der Waals surface area (Å²) in [6.45, 7) is 3.37. The Bertz CT molecular complexity index is 480. The molecule has 4 nitrogen and oxygen atoms in total. The van der Waals surface area contributed by atoms with Crippen molar-refractivity contribution in [2.24, 2.45) is 0 Å². The lowest BCUT2D eigenvalue weighted by atomic mass is 10.2. The lowest BCUT2D eigenvalue weighted by Crippen LogP contribution is -2.08. The van der Waals surface area contributed by atoms with Crippen LogP contribution in [0.15, 0.2) is 36.7 Å². The summed E-state index contributed by atoms with van der Waals surface area (Å²) in [5.41, 5.74) is 0.862. The highest BCUT2D eigenvalue weighted by atomic mass is 16.5. The van der Waals surface area contributed by atoms with Crippen LogP contribution in [0.25, 0.3) is 0 Å². The fourth-order valence-electron chi connectivity index (χ4n) is 1.64. The number of nitrogens with zero attached hydrogens (tertiary/aromatic N) is 2. The van der Waals surface area contributed by atoms with Crippen molar-refractivity contribution in [2.45, 2.75) is 20.1 Å². The Kier molecular flexibility index (Phi) is 3.77. The lowest BCUT2D eigenvalue weighted by molar-refractivity contribution is 0.277. The zero-order chi connectivity index (χ0) is 12.1. The number of aryl methyl sites for hydroxylation is 1. The first kappa shape index (κ1) is 11.7. The molecule has 0 aliphatic heterocycles. The summed E-state index contributed by atoms with van der Waals surface area (Å²) in [5.74, 6) is 1.77. The number of imidazole rings is 1. The van der Waals surface area contributed by atoms with Crippen LogP contribution < -0.4 is 4.74 Å². The zero-order valence-corrected chi connectivity index (χ0v) is 9.84. The standard InChI is InChI=1S/C13H16N2O2/c1-11-14-5-6-15(11)7-8-17-13-4-2-3-12(9-13)10-16/h2-6,9,16H,7-8,10H2,1H3. The van der Waals surface area contributed by atoms with Crippen LogP contribution in [0.4, 0.5) is 0 Å². The summed E-state index contributed by atoms with van der Waals surface area (Å²) in [6.07, 6.45) is 3.71. The lowest BCUT2D eigenvalue weighted by Gasteiger charge is -2.08. The molecule has 2 aromatic rings. The number of hydrogen-bond donors (Lipinski definition) is 1. The molecule has 1 N–H and O–H groups in total. The third-order valence-corrected chi connectivity index (χ3v) is 2.61. The molecular formula is C13H16N2O2. The Morgan fingerprint density at radius 3 is 3.00 bits per heavy atom. The van der Waals surface area contributed by atoms with Crippen LogP contribution in [0.5, 0.6) is 5.75 Å². The number of rotatable bonds is 5. The topological polar surface area (TPSA) is 47.3 Å². The van der Waals surface area contributed by atoms with Gasteiger partial charge in [-0.15, -0.1) is 0 Å². The van der Waals surface area contributed by atoms with E-state index >= 15 is 0 Å². The molecule has 0 saturated carbocycles. The average Bonchev–Trinajstić information content (AvgIpc) is 2.76. The van der Waals surface area contributed by atoms with Crippen molar-refractivity contribution in [1.82, 2.24) is 9.55 Å². The van der Waals surface area contributed by atoms with Crippen LogP contribution in [0.3, 0.4) is 0 Å². The molecule has 1 aromatic carbocycles. The second-order valence-corrected chi connectivity index (χ2v) is 3.82. The highest BCUT2D eigenvalue weighted by molar-refractivity contribution is 5.27. The van der Waals surface area contributed by atoms with Gasteiger partial charge in [0.15, 0.2) is 0 Å². The van der Waals surface area contributed by atoms with E-state index in [1.165, 1.54) is 0 Å². The van der Waals surface area contributed by atoms with Crippen molar-refractivity contribution in [3.8, 4) is 5.75 Å². The number of hydrogen-bond acceptors (Lipinski definition) is 3. The first-order valence-electron chi connectivity index (χ1n) is 5.60. The molecule has 0 spiro atoms. The molecule has 0 saturated heterocycles. The highest BCUT2D eigenvalue weighted by Crippen LogP contribution is 2.13. The van der Waals surface area contributed by atoms with E-state index in [0.717, 1.165) is 23.7 Å². The molecule has 0 aliphatic carbocycles. The van der Waals surface area contributed by atoms with Gasteiger partial charge in [0, 0.05) is 12.4 Å². The van der Waals surface area contributed by atoms with Crippen LogP contribution in [0.1, 0.15) is 11.4 Å². The smallest absolute Gasteiger partial charge is 0.119 e. The molecule has 1 aromatic heterocycles. The monoisotopic (exact) mass is 232 g/mol. The minimum Gasteiger partial charge on any atom is -0.492 e. The Morgan fingerprint density at radius 1 is 1.41 bits per heavy atom. The van der Waals surface area contributed by atoms with Gasteiger partial charge in [-0.1, -0.05) is 12.1 Å². The Hall–Kier alpha value is -1.81. The molecule has 1 heterocycles. The zero-order valence-electron chi connectivity index (χ0n) is 9.84. The van der Waals surface area contributed by atoms with Crippen molar-refractivity contribution < 1.29 is 9.84 Å². The normalized spacial score (nSPS) is 10.5. The van der Waals surface area contributed by atoms with Crippen molar-refractivity contribution >= 4 is 0 Å². The van der Waals surface area contributed by atoms with Gasteiger partial charge in [0.25, 0.3) is 0 Å². The molecule has 0 atom stereocenters. The van der Waals surface area contributed by atoms with Gasteiger partial charge in [-0.25, -0.2) is 4.98 Å². The fourth-order valence-corrected chi connectivity index (χ4v) is 1.64. The van der Waals surface area contributed by atoms with E-state index in [4.69, 9.17) is 9.84 Å². The number of benzene rings is 1. The molecule has 90 valence electrons. The minimum atomic E-state index is 0.0395. The van der Waals surface area contributed by atoms with Crippen molar-refractivity contribution in [2.75, 3.05) is 6.61 Å². The van der Waals surface area contributed by atoms with E-state index in [1.807, 2.05) is 42.0 Å². The predicted molar refractivity (Wildman–Crippen MR) is 64.8 cm³/mol. The Labute approximate surface area is 100 Å². The maximum Gasteiger partial charge on any atom is 0.119 e. The molecule has 0 bridgehead atoms. The summed E-state index contributed by atoms with van der Waals surface area (Å²) < 4.78 is 7.65. The summed E-state index contributed by atoms with van der Waals surface area (Å²) in [6, 6.07) is 7.48. The Balaban J connectivity index is 1.87. The molecule has 0 radical (unpaired) electrons. The molecule has 0 fully saturated rings. The summed E-state index contributed by atoms with van der Waals surface area (Å²) in [7, 11) is 0. The SMILES string of the molecule is Cc1nccn1CCOc1cccc(CO)c1. The molecule has 0 unspecified atom stereocenters. The predicted octanol–water partition coefficient (Wildman–Crippen LogP) is 1.76. The molecular weight excluding hydrogens is 216 g/mol. The van der Waals surface area contributed by atoms with E-state index in [1.54, 1.807) is 6.20 Å².